The van der Waals surface area contributed by atoms with Crippen LogP contribution in [0.1, 0.15) is 30.5 Å². The fourth-order valence-electron chi connectivity index (χ4n) is 2.29. The second-order valence-electron chi connectivity index (χ2n) is 5.25. The molecule has 1 atom stereocenters. The van der Waals surface area contributed by atoms with Crippen LogP contribution in [0.3, 0.4) is 0 Å². The third kappa shape index (κ3) is 4.19. The number of halogens is 4. The summed E-state index contributed by atoms with van der Waals surface area (Å²) in [5.74, 6) is -7.38. The minimum absolute atomic E-state index is 0.0829. The van der Waals surface area contributed by atoms with E-state index in [-0.39, 0.29) is 17.0 Å². The van der Waals surface area contributed by atoms with Gasteiger partial charge < -0.3 is 10.4 Å². The van der Waals surface area contributed by atoms with E-state index in [2.05, 4.69) is 15.3 Å². The number of carboxylic acids is 1. The number of aromatic nitrogens is 2. The molecule has 1 unspecified atom stereocenters. The van der Waals surface area contributed by atoms with E-state index in [1.54, 1.807) is 6.92 Å². The second kappa shape index (κ2) is 7.69. The maximum atomic E-state index is 14.6. The van der Waals surface area contributed by atoms with Gasteiger partial charge in [0.25, 0.3) is 0 Å². The highest BCUT2D eigenvalue weighted by molar-refractivity contribution is 6.31. The zero-order valence-corrected chi connectivity index (χ0v) is 13.9. The average Bonchev–Trinajstić information content (AvgIpc) is 2.58. The lowest BCUT2D eigenvalue weighted by Gasteiger charge is -2.19. The van der Waals surface area contributed by atoms with E-state index >= 15 is 0 Å². The van der Waals surface area contributed by atoms with Gasteiger partial charge in [-0.25, -0.2) is 9.37 Å². The first-order valence-corrected chi connectivity index (χ1v) is 7.75. The van der Waals surface area contributed by atoms with Crippen LogP contribution in [0.5, 0.6) is 0 Å². The zero-order valence-electron chi connectivity index (χ0n) is 13.1. The monoisotopic (exact) mass is 373 g/mol. The van der Waals surface area contributed by atoms with E-state index < -0.39 is 41.7 Å². The molecule has 0 fully saturated rings. The molecule has 9 heteroatoms. The molecule has 0 aromatic carbocycles. The number of hydrogen-bond donors (Lipinski definition) is 2. The van der Waals surface area contributed by atoms with E-state index in [0.717, 1.165) is 12.3 Å². The number of nitrogens with one attached hydrogen (secondary N) is 1. The minimum Gasteiger partial charge on any atom is -0.481 e. The Morgan fingerprint density at radius 1 is 1.40 bits per heavy atom. The molecular formula is C16H15ClF3N3O2. The lowest BCUT2D eigenvalue weighted by atomic mass is 9.97. The maximum Gasteiger partial charge on any atom is 0.311 e. The molecule has 0 aliphatic heterocycles. The molecule has 0 aliphatic rings. The molecule has 2 N–H and O–H groups in total. The van der Waals surface area contributed by atoms with Crippen LogP contribution in [0, 0.1) is 5.82 Å². The predicted octanol–water partition coefficient (Wildman–Crippen LogP) is 4.05. The zero-order chi connectivity index (χ0) is 18.6. The topological polar surface area (TPSA) is 75.1 Å². The summed E-state index contributed by atoms with van der Waals surface area (Å²) in [5, 5.41) is 11.2. The van der Waals surface area contributed by atoms with Crippen LogP contribution >= 0.6 is 11.6 Å². The molecule has 0 bridgehead atoms. The molecule has 0 radical (unpaired) electrons. The van der Waals surface area contributed by atoms with Gasteiger partial charge in [0.2, 0.25) is 0 Å². The minimum atomic E-state index is -3.37. The molecule has 0 amide bonds. The van der Waals surface area contributed by atoms with Crippen molar-refractivity contribution in [3.8, 4) is 0 Å². The molecule has 134 valence electrons. The Bertz CT molecular complexity index is 760. The van der Waals surface area contributed by atoms with Crippen LogP contribution in [-0.2, 0) is 10.7 Å². The van der Waals surface area contributed by atoms with Crippen molar-refractivity contribution in [1.29, 1.82) is 0 Å². The molecule has 25 heavy (non-hydrogen) atoms. The molecular weight excluding hydrogens is 359 g/mol. The van der Waals surface area contributed by atoms with Crippen molar-refractivity contribution in [1.82, 2.24) is 9.97 Å². The smallest absolute Gasteiger partial charge is 0.311 e. The van der Waals surface area contributed by atoms with Crippen molar-refractivity contribution in [2.75, 3.05) is 11.9 Å². The highest BCUT2D eigenvalue weighted by atomic mass is 35.5. The normalized spacial score (nSPS) is 12.7. The van der Waals surface area contributed by atoms with Gasteiger partial charge in [-0.1, -0.05) is 24.6 Å². The Hall–Kier alpha value is -2.35. The fraction of sp³-hybridized carbons (Fsp3) is 0.312. The van der Waals surface area contributed by atoms with Gasteiger partial charge >= 0.3 is 11.9 Å². The maximum absolute atomic E-state index is 14.6. The van der Waals surface area contributed by atoms with Crippen LogP contribution in [0.15, 0.2) is 30.6 Å². The summed E-state index contributed by atoms with van der Waals surface area (Å²) in [7, 11) is 0. The first-order chi connectivity index (χ1) is 11.8. The van der Waals surface area contributed by atoms with Crippen molar-refractivity contribution in [2.24, 2.45) is 0 Å². The highest BCUT2D eigenvalue weighted by Gasteiger charge is 2.34. The number of alkyl halides is 2. The van der Waals surface area contributed by atoms with E-state index in [9.17, 15) is 23.1 Å². The van der Waals surface area contributed by atoms with Gasteiger partial charge in [0.15, 0.2) is 11.6 Å². The molecule has 0 aliphatic carbocycles. The Balaban J connectivity index is 2.28. The predicted molar refractivity (Wildman–Crippen MR) is 86.5 cm³/mol. The summed E-state index contributed by atoms with van der Waals surface area (Å²) < 4.78 is 42.8. The molecule has 2 aromatic rings. The first kappa shape index (κ1) is 19.0. The Kier molecular flexibility index (Phi) is 5.84. The van der Waals surface area contributed by atoms with E-state index in [1.807, 2.05) is 0 Å². The first-order valence-electron chi connectivity index (χ1n) is 7.37. The molecule has 2 rings (SSSR count). The van der Waals surface area contributed by atoms with Gasteiger partial charge in [0.05, 0.1) is 17.5 Å². The third-order valence-electron chi connectivity index (χ3n) is 3.58. The molecule has 0 spiro atoms. The van der Waals surface area contributed by atoms with Crippen LogP contribution in [0.2, 0.25) is 5.02 Å². The number of anilines is 1. The van der Waals surface area contributed by atoms with E-state index in [4.69, 9.17) is 11.6 Å². The number of carboxylic acid groups (broad SMARTS) is 1. The van der Waals surface area contributed by atoms with Crippen molar-refractivity contribution in [3.63, 3.8) is 0 Å². The molecule has 0 saturated carbocycles. The Morgan fingerprint density at radius 2 is 2.12 bits per heavy atom. The van der Waals surface area contributed by atoms with Gasteiger partial charge in [-0.15, -0.1) is 0 Å². The molecule has 5 nitrogen and oxygen atoms in total. The fourth-order valence-corrected chi connectivity index (χ4v) is 2.55. The summed E-state index contributed by atoms with van der Waals surface area (Å²) in [4.78, 5) is 18.5. The van der Waals surface area contributed by atoms with Crippen molar-refractivity contribution < 1.29 is 23.1 Å². The largest absolute Gasteiger partial charge is 0.481 e. The number of nitrogens with zero attached hydrogens (tertiary/aromatic N) is 2. The molecule has 0 saturated heterocycles. The van der Waals surface area contributed by atoms with E-state index in [1.165, 1.54) is 18.3 Å². The lowest BCUT2D eigenvalue weighted by molar-refractivity contribution is -0.138. The van der Waals surface area contributed by atoms with Gasteiger partial charge in [0, 0.05) is 18.0 Å². The standard InChI is InChI=1S/C16H15ClF3N3O2/c1-2-9(15(24)25)12-10(17)7-22-14(13(12)18)23-8-16(19,20)11-5-3-4-6-21-11/h3-7,9H,2,8H2,1H3,(H,22,23)(H,24,25). The summed E-state index contributed by atoms with van der Waals surface area (Å²) in [6.45, 7) is 0.593. The van der Waals surface area contributed by atoms with Crippen LogP contribution in [-0.4, -0.2) is 27.6 Å². The summed E-state index contributed by atoms with van der Waals surface area (Å²) in [6.07, 6.45) is 2.34. The average molecular weight is 374 g/mol. The highest BCUT2D eigenvalue weighted by Crippen LogP contribution is 2.33. The molecule has 2 heterocycles. The van der Waals surface area contributed by atoms with Crippen molar-refractivity contribution in [2.45, 2.75) is 25.2 Å². The van der Waals surface area contributed by atoms with Gasteiger partial charge in [0.1, 0.15) is 5.69 Å². The number of pyridine rings is 2. The Morgan fingerprint density at radius 3 is 2.68 bits per heavy atom. The number of aliphatic carboxylic acids is 1. The van der Waals surface area contributed by atoms with Gasteiger partial charge in [-0.05, 0) is 18.6 Å². The third-order valence-corrected chi connectivity index (χ3v) is 3.88. The number of rotatable bonds is 7. The van der Waals surface area contributed by atoms with Crippen LogP contribution in [0.25, 0.3) is 0 Å². The number of carbonyl (C=O) groups is 1. The number of hydrogen-bond acceptors (Lipinski definition) is 4. The van der Waals surface area contributed by atoms with E-state index in [0.29, 0.717) is 0 Å². The second-order valence-corrected chi connectivity index (χ2v) is 5.66. The van der Waals surface area contributed by atoms with Crippen LogP contribution in [0.4, 0.5) is 19.0 Å². The Labute approximate surface area is 146 Å². The summed E-state index contributed by atoms with van der Waals surface area (Å²) in [5.41, 5.74) is -0.760. The van der Waals surface area contributed by atoms with Gasteiger partial charge in [-0.2, -0.15) is 8.78 Å². The lowest BCUT2D eigenvalue weighted by Crippen LogP contribution is -2.27. The summed E-state index contributed by atoms with van der Waals surface area (Å²) in [6, 6.07) is 4.06. The SMILES string of the molecule is CCC(C(=O)O)c1c(Cl)cnc(NCC(F)(F)c2ccccn2)c1F. The molecule has 2 aromatic heterocycles. The van der Waals surface area contributed by atoms with Crippen molar-refractivity contribution in [3.05, 3.63) is 52.7 Å². The van der Waals surface area contributed by atoms with Crippen LogP contribution < -0.4 is 5.32 Å². The summed E-state index contributed by atoms with van der Waals surface area (Å²) >= 11 is 5.85. The van der Waals surface area contributed by atoms with Crippen molar-refractivity contribution >= 4 is 23.4 Å². The quantitative estimate of drug-likeness (QED) is 0.765. The van der Waals surface area contributed by atoms with Gasteiger partial charge in [-0.3, -0.25) is 9.78 Å².